The summed E-state index contributed by atoms with van der Waals surface area (Å²) in [5.41, 5.74) is 0. The van der Waals surface area contributed by atoms with E-state index in [1.807, 2.05) is 0 Å². The van der Waals surface area contributed by atoms with Crippen molar-refractivity contribution in [2.75, 3.05) is 47.3 Å². The van der Waals surface area contributed by atoms with Crippen LogP contribution >= 0.6 is 0 Å². The van der Waals surface area contributed by atoms with Crippen molar-refractivity contribution in [2.45, 2.75) is 19.4 Å². The molecule has 2 unspecified atom stereocenters. The van der Waals surface area contributed by atoms with Crippen molar-refractivity contribution in [1.82, 2.24) is 14.7 Å². The Balaban J connectivity index is 2.40. The van der Waals surface area contributed by atoms with E-state index in [1.165, 1.54) is 0 Å². The fourth-order valence-corrected chi connectivity index (χ4v) is 2.50. The van der Waals surface area contributed by atoms with Crippen LogP contribution in [0.15, 0.2) is 0 Å². The van der Waals surface area contributed by atoms with E-state index >= 15 is 0 Å². The Labute approximate surface area is 110 Å². The average Bonchev–Trinajstić information content (AvgIpc) is 2.67. The molecule has 1 fully saturated rings. The molecule has 0 bridgehead atoms. The highest BCUT2D eigenvalue weighted by Crippen LogP contribution is 2.19. The summed E-state index contributed by atoms with van der Waals surface area (Å²) >= 11 is 0. The number of hydrogen-bond donors (Lipinski definition) is 0. The molecule has 1 aliphatic heterocycles. The number of carbonyl (C=O) groups excluding carboxylic acids is 1. The first-order valence-corrected chi connectivity index (χ1v) is 6.45. The van der Waals surface area contributed by atoms with Gasteiger partial charge in [0.05, 0.1) is 19.0 Å². The van der Waals surface area contributed by atoms with Gasteiger partial charge < -0.3 is 9.80 Å². The van der Waals surface area contributed by atoms with Gasteiger partial charge >= 0.3 is 0 Å². The summed E-state index contributed by atoms with van der Waals surface area (Å²) in [5.74, 6) is 0.703. The average molecular weight is 252 g/mol. The van der Waals surface area contributed by atoms with E-state index in [4.69, 9.17) is 5.26 Å². The second-order valence-electron chi connectivity index (χ2n) is 5.43. The maximum Gasteiger partial charge on any atom is 0.236 e. The first-order valence-electron chi connectivity index (χ1n) is 6.45. The molecule has 0 N–H and O–H groups in total. The fraction of sp³-hybridized carbons (Fsp3) is 0.846. The molecule has 1 rings (SSSR count). The van der Waals surface area contributed by atoms with Crippen LogP contribution < -0.4 is 0 Å². The molecule has 0 aliphatic carbocycles. The molecule has 5 nitrogen and oxygen atoms in total. The Hall–Kier alpha value is -1.12. The molecule has 0 aromatic heterocycles. The zero-order valence-electron chi connectivity index (χ0n) is 11.9. The van der Waals surface area contributed by atoms with Crippen LogP contribution in [0.4, 0.5) is 0 Å². The van der Waals surface area contributed by atoms with Gasteiger partial charge in [0.15, 0.2) is 0 Å². The first kappa shape index (κ1) is 14.9. The molecule has 1 amide bonds. The summed E-state index contributed by atoms with van der Waals surface area (Å²) in [6.07, 6.45) is 0.402. The summed E-state index contributed by atoms with van der Waals surface area (Å²) in [6.45, 7) is 5.15. The van der Waals surface area contributed by atoms with Crippen molar-refractivity contribution in [3.05, 3.63) is 0 Å². The van der Waals surface area contributed by atoms with Gasteiger partial charge in [0.1, 0.15) is 0 Å². The highest BCUT2D eigenvalue weighted by atomic mass is 16.2. The van der Waals surface area contributed by atoms with Gasteiger partial charge in [-0.3, -0.25) is 9.69 Å². The topological polar surface area (TPSA) is 50.6 Å². The van der Waals surface area contributed by atoms with Gasteiger partial charge in [0, 0.05) is 32.7 Å². The third-order valence-corrected chi connectivity index (χ3v) is 3.66. The quantitative estimate of drug-likeness (QED) is 0.703. The van der Waals surface area contributed by atoms with Crippen LogP contribution in [-0.2, 0) is 4.79 Å². The molecular weight excluding hydrogens is 228 g/mol. The molecule has 0 saturated carbocycles. The Morgan fingerprint density at radius 1 is 1.39 bits per heavy atom. The fourth-order valence-electron chi connectivity index (χ4n) is 2.50. The minimum atomic E-state index is 0.108. The number of rotatable bonds is 5. The van der Waals surface area contributed by atoms with Gasteiger partial charge in [-0.25, -0.2) is 0 Å². The van der Waals surface area contributed by atoms with Crippen LogP contribution in [0.2, 0.25) is 0 Å². The second kappa shape index (κ2) is 6.72. The number of likely N-dealkylation sites (N-methyl/N-ethyl adjacent to an activating group) is 2. The molecule has 5 heteroatoms. The highest BCUT2D eigenvalue weighted by molar-refractivity contribution is 5.78. The molecule has 102 valence electrons. The van der Waals surface area contributed by atoms with Crippen molar-refractivity contribution in [1.29, 1.82) is 5.26 Å². The monoisotopic (exact) mass is 252 g/mol. The van der Waals surface area contributed by atoms with E-state index < -0.39 is 0 Å². The van der Waals surface area contributed by atoms with E-state index in [0.717, 1.165) is 13.1 Å². The molecule has 2 atom stereocenters. The standard InChI is InChI=1S/C13H24N4O/c1-11-8-17(9-12(11)15(2)3)10-13(18)16(4)7-5-6-14/h11-12H,5,7-10H2,1-4H3. The summed E-state index contributed by atoms with van der Waals surface area (Å²) in [4.78, 5) is 18.0. The van der Waals surface area contributed by atoms with E-state index in [1.54, 1.807) is 11.9 Å². The predicted octanol–water partition coefficient (Wildman–Crippen LogP) is 0.240. The van der Waals surface area contributed by atoms with Crippen LogP contribution in [0, 0.1) is 17.2 Å². The number of nitrogens with zero attached hydrogens (tertiary/aromatic N) is 4. The molecular formula is C13H24N4O. The molecule has 0 radical (unpaired) electrons. The molecule has 1 saturated heterocycles. The molecule has 0 spiro atoms. The Bertz CT molecular complexity index is 323. The lowest BCUT2D eigenvalue weighted by molar-refractivity contribution is -0.130. The van der Waals surface area contributed by atoms with Crippen LogP contribution in [0.3, 0.4) is 0 Å². The van der Waals surface area contributed by atoms with E-state index in [0.29, 0.717) is 31.5 Å². The molecule has 1 aliphatic rings. The maximum atomic E-state index is 11.9. The van der Waals surface area contributed by atoms with E-state index in [2.05, 4.69) is 36.9 Å². The number of nitriles is 1. The van der Waals surface area contributed by atoms with Crippen LogP contribution in [0.5, 0.6) is 0 Å². The van der Waals surface area contributed by atoms with Gasteiger partial charge in [0.25, 0.3) is 0 Å². The molecule has 18 heavy (non-hydrogen) atoms. The van der Waals surface area contributed by atoms with Crippen molar-refractivity contribution in [2.24, 2.45) is 5.92 Å². The minimum absolute atomic E-state index is 0.108. The normalized spacial score (nSPS) is 24.2. The Morgan fingerprint density at radius 2 is 2.06 bits per heavy atom. The summed E-state index contributed by atoms with van der Waals surface area (Å²) < 4.78 is 0. The van der Waals surface area contributed by atoms with Gasteiger partial charge in [-0.15, -0.1) is 0 Å². The van der Waals surface area contributed by atoms with Crippen molar-refractivity contribution in [3.8, 4) is 6.07 Å². The predicted molar refractivity (Wildman–Crippen MR) is 70.9 cm³/mol. The lowest BCUT2D eigenvalue weighted by Gasteiger charge is -2.23. The maximum absolute atomic E-state index is 11.9. The smallest absolute Gasteiger partial charge is 0.236 e. The first-order chi connectivity index (χ1) is 8.45. The number of hydrogen-bond acceptors (Lipinski definition) is 4. The van der Waals surface area contributed by atoms with Gasteiger partial charge in [-0.05, 0) is 20.0 Å². The zero-order valence-corrected chi connectivity index (χ0v) is 11.9. The second-order valence-corrected chi connectivity index (χ2v) is 5.43. The summed E-state index contributed by atoms with van der Waals surface area (Å²) in [7, 11) is 5.94. The Kier molecular flexibility index (Phi) is 5.57. The van der Waals surface area contributed by atoms with Crippen LogP contribution in [0.1, 0.15) is 13.3 Å². The van der Waals surface area contributed by atoms with E-state index in [9.17, 15) is 4.79 Å². The minimum Gasteiger partial charge on any atom is -0.344 e. The van der Waals surface area contributed by atoms with Crippen molar-refractivity contribution < 1.29 is 4.79 Å². The largest absolute Gasteiger partial charge is 0.344 e. The Morgan fingerprint density at radius 3 is 2.56 bits per heavy atom. The van der Waals surface area contributed by atoms with Crippen LogP contribution in [0.25, 0.3) is 0 Å². The van der Waals surface area contributed by atoms with Gasteiger partial charge in [-0.2, -0.15) is 5.26 Å². The summed E-state index contributed by atoms with van der Waals surface area (Å²) in [5, 5.41) is 8.51. The molecule has 0 aromatic rings. The number of amides is 1. The zero-order chi connectivity index (χ0) is 13.7. The van der Waals surface area contributed by atoms with Crippen molar-refractivity contribution >= 4 is 5.91 Å². The summed E-state index contributed by atoms with van der Waals surface area (Å²) in [6, 6.07) is 2.59. The lowest BCUT2D eigenvalue weighted by atomic mass is 10.1. The van der Waals surface area contributed by atoms with Gasteiger partial charge in [0.2, 0.25) is 5.91 Å². The highest BCUT2D eigenvalue weighted by Gasteiger charge is 2.32. The SMILES string of the molecule is CC1CN(CC(=O)N(C)CCC#N)CC1N(C)C. The number of carbonyl (C=O) groups is 1. The molecule has 1 heterocycles. The molecule has 0 aromatic carbocycles. The third-order valence-electron chi connectivity index (χ3n) is 3.66. The lowest BCUT2D eigenvalue weighted by Crippen LogP contribution is -2.39. The van der Waals surface area contributed by atoms with Crippen LogP contribution in [-0.4, -0.2) is 74.0 Å². The van der Waals surface area contributed by atoms with Crippen molar-refractivity contribution in [3.63, 3.8) is 0 Å². The third kappa shape index (κ3) is 3.97. The van der Waals surface area contributed by atoms with E-state index in [-0.39, 0.29) is 5.91 Å². The van der Waals surface area contributed by atoms with Gasteiger partial charge in [-0.1, -0.05) is 6.92 Å². The number of likely N-dealkylation sites (tertiary alicyclic amines) is 1.